The maximum Gasteiger partial charge on any atom is 0.332 e. The number of amides is 7. The fourth-order valence-electron chi connectivity index (χ4n) is 8.37. The number of carbonyl (C=O) groups is 9. The molecule has 7 amide bonds. The van der Waals surface area contributed by atoms with E-state index in [-0.39, 0.29) is 52.0 Å². The summed E-state index contributed by atoms with van der Waals surface area (Å²) in [5.74, 6) is -9.43. The summed E-state index contributed by atoms with van der Waals surface area (Å²) in [7, 11) is 1.35. The number of nitrogens with one attached hydrogen (secondary N) is 6. The summed E-state index contributed by atoms with van der Waals surface area (Å²) in [6.45, 7) is 16.7. The molecule has 22 heteroatoms. The van der Waals surface area contributed by atoms with Gasteiger partial charge in [0.2, 0.25) is 35.4 Å². The SMILES string of the molecule is CC.CC[C-]1/C=C/C(=O)NCC(=O)OC[C@@H]2NC(=O)[C@@H]([C@@H](C)O)NC(=O)[C@H](Cc3ccccc3)N(C)C(=O)[C@@H](NC(=O)[C@@H]([C@@H](C)CC)NC(=O)[C@@H](NC(=O)[C@H](C)[C@H](O)C(C)C)[C@@H](C)OC2=O)C2=CC=C(CC2)O[C@@H]1C.[Y]. The zero-order chi connectivity index (χ0) is 56.3. The number of cyclic esters (lactones) is 1. The third-order valence-corrected chi connectivity index (χ3v) is 13.4. The van der Waals surface area contributed by atoms with Gasteiger partial charge in [-0.15, -0.1) is 6.08 Å². The van der Waals surface area contributed by atoms with Crippen LogP contribution in [0.4, 0.5) is 0 Å². The number of rotatable bonds is 10. The normalized spacial score (nSPS) is 26.8. The van der Waals surface area contributed by atoms with Gasteiger partial charge in [0.1, 0.15) is 49.5 Å². The van der Waals surface area contributed by atoms with Crippen molar-refractivity contribution in [3.63, 3.8) is 0 Å². The van der Waals surface area contributed by atoms with Crippen molar-refractivity contribution in [2.75, 3.05) is 20.2 Å². The van der Waals surface area contributed by atoms with E-state index in [4.69, 9.17) is 14.2 Å². The molecule has 0 spiro atoms. The second-order valence-electron chi connectivity index (χ2n) is 19.2. The largest absolute Gasteiger partial charge is 0.508 e. The fraction of sp³-hybridized carbons (Fsp3) is 0.593. The molecule has 1 radical (unpaired) electrons. The van der Waals surface area contributed by atoms with E-state index in [1.54, 1.807) is 83.2 Å². The Morgan fingerprint density at radius 1 is 0.829 bits per heavy atom. The second-order valence-corrected chi connectivity index (χ2v) is 19.2. The van der Waals surface area contributed by atoms with Crippen molar-refractivity contribution in [3.8, 4) is 0 Å². The van der Waals surface area contributed by atoms with Gasteiger partial charge >= 0.3 is 11.9 Å². The summed E-state index contributed by atoms with van der Waals surface area (Å²) < 4.78 is 17.4. The van der Waals surface area contributed by atoms with Crippen LogP contribution in [0.5, 0.6) is 0 Å². The molecule has 1 aromatic rings. The smallest absolute Gasteiger partial charge is 0.332 e. The number of hydrogen-bond donors (Lipinski definition) is 8. The van der Waals surface area contributed by atoms with Crippen LogP contribution in [0.2, 0.25) is 0 Å². The van der Waals surface area contributed by atoms with Crippen molar-refractivity contribution in [2.45, 2.75) is 169 Å². The van der Waals surface area contributed by atoms with Crippen molar-refractivity contribution in [3.05, 3.63) is 77.4 Å². The molecule has 0 unspecified atom stereocenters. The predicted molar refractivity (Wildman–Crippen MR) is 277 cm³/mol. The average molecular weight is 1140 g/mol. The van der Waals surface area contributed by atoms with Gasteiger partial charge < -0.3 is 61.2 Å². The molecule has 12 atom stereocenters. The molecule has 1 fully saturated rings. The molecule has 76 heavy (non-hydrogen) atoms. The Morgan fingerprint density at radius 3 is 2.04 bits per heavy atom. The summed E-state index contributed by atoms with van der Waals surface area (Å²) >= 11 is 0. The molecule has 0 aromatic heterocycles. The summed E-state index contributed by atoms with van der Waals surface area (Å²) in [4.78, 5) is 129. The van der Waals surface area contributed by atoms with Crippen LogP contribution >= 0.6 is 0 Å². The van der Waals surface area contributed by atoms with Gasteiger partial charge in [0.25, 0.3) is 0 Å². The molecule has 0 saturated carbocycles. The Morgan fingerprint density at radius 2 is 1.46 bits per heavy atom. The number of likely N-dealkylation sites (N-methyl/N-ethyl adjacent to an activating group) is 1. The topological polar surface area (TPSA) is 297 Å². The van der Waals surface area contributed by atoms with E-state index in [2.05, 4.69) is 31.9 Å². The average Bonchev–Trinajstić information content (AvgIpc) is 3.39. The Hall–Kier alpha value is -5.64. The maximum absolute atomic E-state index is 15.2. The monoisotopic (exact) mass is 1140 g/mol. The van der Waals surface area contributed by atoms with Gasteiger partial charge in [0, 0.05) is 52.6 Å². The van der Waals surface area contributed by atoms with Crippen LogP contribution in [-0.2, 0) is 96.5 Å². The first-order valence-corrected chi connectivity index (χ1v) is 25.9. The molecule has 419 valence electrons. The molecule has 1 aliphatic carbocycles. The van der Waals surface area contributed by atoms with Gasteiger partial charge in [0.05, 0.1) is 30.0 Å². The quantitative estimate of drug-likeness (QED) is 0.122. The molecule has 4 bridgehead atoms. The van der Waals surface area contributed by atoms with E-state index in [9.17, 15) is 48.6 Å². The van der Waals surface area contributed by atoms with E-state index in [0.717, 1.165) is 10.8 Å². The summed E-state index contributed by atoms with van der Waals surface area (Å²) in [6.07, 6.45) is 2.15. The predicted octanol–water partition coefficient (Wildman–Crippen LogP) is 1.75. The summed E-state index contributed by atoms with van der Waals surface area (Å²) in [6, 6.07) is -1.12. The number of fused-ring (bicyclic) bond motifs is 11. The van der Waals surface area contributed by atoms with Crippen molar-refractivity contribution in [2.24, 2.45) is 17.8 Å². The van der Waals surface area contributed by atoms with Gasteiger partial charge in [0.15, 0.2) is 11.9 Å². The first-order chi connectivity index (χ1) is 35.5. The van der Waals surface area contributed by atoms with Gasteiger partial charge in [-0.1, -0.05) is 105 Å². The summed E-state index contributed by atoms with van der Waals surface area (Å²) in [5, 5.41) is 37.3. The van der Waals surface area contributed by atoms with E-state index in [0.29, 0.717) is 29.7 Å². The van der Waals surface area contributed by atoms with Gasteiger partial charge in [-0.25, -0.2) is 10.9 Å². The molecule has 4 aliphatic rings. The third-order valence-electron chi connectivity index (χ3n) is 13.4. The van der Waals surface area contributed by atoms with Crippen LogP contribution in [0.1, 0.15) is 107 Å². The van der Waals surface area contributed by atoms with Crippen LogP contribution in [-0.4, -0.2) is 149 Å². The number of aliphatic hydroxyl groups is 2. The molecule has 3 heterocycles. The Labute approximate surface area is 472 Å². The second kappa shape index (κ2) is 32.2. The van der Waals surface area contributed by atoms with Crippen LogP contribution in [0, 0.1) is 23.7 Å². The van der Waals surface area contributed by atoms with E-state index in [1.165, 1.54) is 33.9 Å². The molecule has 3 aliphatic heterocycles. The molecule has 1 aromatic carbocycles. The zero-order valence-corrected chi connectivity index (χ0v) is 48.8. The van der Waals surface area contributed by atoms with Crippen LogP contribution < -0.4 is 31.9 Å². The van der Waals surface area contributed by atoms with Crippen LogP contribution in [0.15, 0.2) is 66.0 Å². The zero-order valence-electron chi connectivity index (χ0n) is 46.0. The van der Waals surface area contributed by atoms with Gasteiger partial charge in [-0.2, -0.15) is 5.92 Å². The first kappa shape index (κ1) is 66.5. The fourth-order valence-corrected chi connectivity index (χ4v) is 8.37. The molecule has 1 saturated heterocycles. The summed E-state index contributed by atoms with van der Waals surface area (Å²) in [5.41, 5.74) is 1.000. The van der Waals surface area contributed by atoms with Crippen molar-refractivity contribution in [1.29, 1.82) is 0 Å². The van der Waals surface area contributed by atoms with Crippen LogP contribution in [0.25, 0.3) is 0 Å². The van der Waals surface area contributed by atoms with E-state index < -0.39 is 145 Å². The minimum atomic E-state index is -1.92. The molecular formula is C54H80N7O14Y-. The van der Waals surface area contributed by atoms with Crippen molar-refractivity contribution < 1.29 is 100 Å². The van der Waals surface area contributed by atoms with Crippen molar-refractivity contribution >= 4 is 53.3 Å². The number of aliphatic hydroxyl groups excluding tert-OH is 2. The minimum absolute atomic E-state index is 0. The van der Waals surface area contributed by atoms with E-state index in [1.807, 2.05) is 20.8 Å². The van der Waals surface area contributed by atoms with Gasteiger partial charge in [-0.05, 0) is 56.2 Å². The molecular weight excluding hydrogens is 1060 g/mol. The Kier molecular flexibility index (Phi) is 28.1. The standard InChI is InChI=1S/C52H74N7O14.C2H6.Y/c1-11-28(5)41-48(66)58-44-35-18-21-36(22-19-35)72-31(8)34(12-2)20-23-39(61)53-25-40(62)71-26-37(52(70)73-32(9)43(50(68)55-41)57-46(64)29(6)45(63)27(3)4)54-49(67)42(30(7)60)56-47(65)38(59(10)51(44)69)24-33-16-14-13-15-17-33;1-2;/h13-18,20-21,23,27-32,37-38,41-45,60,63H,11-12,19,22,24-26H2,1-10H3,(H,53,61)(H,54,67)(H,55,68)(H,56,65)(H,57,64)(H,58,66);1-2H3;/q-1;;/b23-20+;;/t28-,29+,30+,31+,32+,37-,38-,41+,42+,43-,44-,45+;;/m0../s1. The Balaban J connectivity index is 0.00000651. The maximum atomic E-state index is 15.2. The number of carbonyl (C=O) groups excluding carboxylic acids is 9. The van der Waals surface area contributed by atoms with Gasteiger partial charge in [-0.3, -0.25) is 38.4 Å². The number of esters is 2. The number of nitrogens with zero attached hydrogens (tertiary/aromatic N) is 1. The number of benzene rings is 1. The minimum Gasteiger partial charge on any atom is -0.508 e. The van der Waals surface area contributed by atoms with Crippen molar-refractivity contribution in [1.82, 2.24) is 36.8 Å². The Bertz CT molecular complexity index is 2260. The first-order valence-electron chi connectivity index (χ1n) is 25.9. The van der Waals surface area contributed by atoms with E-state index >= 15 is 4.79 Å². The number of hydrogen-bond acceptors (Lipinski definition) is 14. The molecule has 5 rings (SSSR count). The number of ether oxygens (including phenoxy) is 3. The molecule has 21 nitrogen and oxygen atoms in total. The molecule has 8 N–H and O–H groups in total. The van der Waals surface area contributed by atoms with Crippen LogP contribution in [0.3, 0.4) is 0 Å². The third kappa shape index (κ3) is 19.1. The number of allylic oxidation sites excluding steroid dienone is 3.